The Hall–Kier alpha value is -1.86. The number of benzene rings is 1. The van der Waals surface area contributed by atoms with Gasteiger partial charge < -0.3 is 16.0 Å². The number of hydrogen-bond donors (Lipinski definition) is 3. The van der Waals surface area contributed by atoms with Gasteiger partial charge in [0, 0.05) is 17.6 Å². The first-order valence-electron chi connectivity index (χ1n) is 7.57. The number of aromatic nitrogens is 1. The van der Waals surface area contributed by atoms with Gasteiger partial charge in [-0.3, -0.25) is 9.79 Å². The van der Waals surface area contributed by atoms with E-state index in [0.717, 1.165) is 15.2 Å². The molecule has 6 nitrogen and oxygen atoms in total. The molecule has 0 saturated heterocycles. The van der Waals surface area contributed by atoms with Crippen molar-refractivity contribution in [3.8, 4) is 0 Å². The van der Waals surface area contributed by atoms with Crippen molar-refractivity contribution in [3.05, 3.63) is 28.2 Å². The first-order chi connectivity index (χ1) is 11.3. The zero-order valence-electron chi connectivity index (χ0n) is 14.2. The van der Waals surface area contributed by atoms with Crippen LogP contribution in [-0.4, -0.2) is 36.0 Å². The summed E-state index contributed by atoms with van der Waals surface area (Å²) in [4.78, 5) is 20.5. The van der Waals surface area contributed by atoms with E-state index in [1.807, 2.05) is 39.0 Å². The molecule has 1 aromatic heterocycles. The Labute approximate surface area is 150 Å². The van der Waals surface area contributed by atoms with E-state index >= 15 is 0 Å². The fourth-order valence-electron chi connectivity index (χ4n) is 2.03. The van der Waals surface area contributed by atoms with Crippen LogP contribution in [0, 0.1) is 0 Å². The second kappa shape index (κ2) is 7.81. The zero-order valence-corrected chi connectivity index (χ0v) is 15.8. The first kappa shape index (κ1) is 18.5. The monoisotopic (exact) mass is 367 g/mol. The Bertz CT molecular complexity index is 750. The number of rotatable bonds is 4. The van der Waals surface area contributed by atoms with Crippen LogP contribution in [0.1, 0.15) is 25.8 Å². The van der Waals surface area contributed by atoms with Crippen LogP contribution in [0.5, 0.6) is 0 Å². The molecule has 24 heavy (non-hydrogen) atoms. The summed E-state index contributed by atoms with van der Waals surface area (Å²) in [6.07, 6.45) is 0. The molecule has 0 aliphatic heterocycles. The van der Waals surface area contributed by atoms with Gasteiger partial charge in [-0.1, -0.05) is 11.6 Å². The zero-order chi connectivity index (χ0) is 17.7. The van der Waals surface area contributed by atoms with Gasteiger partial charge in [0.05, 0.1) is 23.3 Å². The van der Waals surface area contributed by atoms with Crippen LogP contribution in [0.15, 0.2) is 23.2 Å². The summed E-state index contributed by atoms with van der Waals surface area (Å²) in [5.74, 6) is 0.469. The van der Waals surface area contributed by atoms with Crippen LogP contribution in [-0.2, 0) is 11.3 Å². The number of guanidine groups is 1. The number of nitrogens with one attached hydrogen (secondary N) is 3. The average molecular weight is 368 g/mol. The molecule has 2 aromatic rings. The van der Waals surface area contributed by atoms with E-state index < -0.39 is 0 Å². The first-order valence-corrected chi connectivity index (χ1v) is 8.77. The van der Waals surface area contributed by atoms with Crippen LogP contribution >= 0.6 is 22.9 Å². The maximum atomic E-state index is 11.8. The summed E-state index contributed by atoms with van der Waals surface area (Å²) >= 11 is 7.57. The maximum Gasteiger partial charge on any atom is 0.239 e. The topological polar surface area (TPSA) is 78.4 Å². The number of halogens is 1. The molecule has 8 heteroatoms. The molecule has 0 atom stereocenters. The molecule has 0 fully saturated rings. The minimum atomic E-state index is -0.252. The maximum absolute atomic E-state index is 11.8. The van der Waals surface area contributed by atoms with Crippen LogP contribution < -0.4 is 16.0 Å². The van der Waals surface area contributed by atoms with Crippen molar-refractivity contribution in [3.63, 3.8) is 0 Å². The molecule has 0 bridgehead atoms. The minimum Gasteiger partial charge on any atom is -0.350 e. The molecule has 0 saturated carbocycles. The van der Waals surface area contributed by atoms with Gasteiger partial charge in [-0.15, -0.1) is 11.3 Å². The summed E-state index contributed by atoms with van der Waals surface area (Å²) in [7, 11) is 1.66. The number of aliphatic imine (C=N–C) groups is 1. The third-order valence-corrected chi connectivity index (χ3v) is 4.23. The molecule has 0 aliphatic rings. The molecule has 1 amide bonds. The largest absolute Gasteiger partial charge is 0.350 e. The Morgan fingerprint density at radius 2 is 2.08 bits per heavy atom. The fraction of sp³-hybridized carbons (Fsp3) is 0.438. The highest BCUT2D eigenvalue weighted by Gasteiger charge is 2.13. The van der Waals surface area contributed by atoms with E-state index in [9.17, 15) is 4.79 Å². The van der Waals surface area contributed by atoms with E-state index in [-0.39, 0.29) is 18.0 Å². The van der Waals surface area contributed by atoms with Crippen LogP contribution in [0.2, 0.25) is 5.02 Å². The molecular weight excluding hydrogens is 346 g/mol. The Kier molecular flexibility index (Phi) is 6.01. The molecular formula is C16H22ClN5OS. The number of fused-ring (bicyclic) bond motifs is 1. The summed E-state index contributed by atoms with van der Waals surface area (Å²) in [5.41, 5.74) is 0.634. The molecule has 130 valence electrons. The molecule has 1 heterocycles. The lowest BCUT2D eigenvalue weighted by Gasteiger charge is -2.21. The highest BCUT2D eigenvalue weighted by atomic mass is 35.5. The van der Waals surface area contributed by atoms with E-state index in [1.54, 1.807) is 18.4 Å². The number of hydrogen-bond acceptors (Lipinski definition) is 4. The molecule has 3 N–H and O–H groups in total. The molecule has 0 spiro atoms. The Morgan fingerprint density at radius 3 is 2.75 bits per heavy atom. The minimum absolute atomic E-state index is 0.0833. The van der Waals surface area contributed by atoms with Crippen molar-refractivity contribution >= 4 is 45.0 Å². The van der Waals surface area contributed by atoms with Crippen molar-refractivity contribution in [1.82, 2.24) is 20.9 Å². The van der Waals surface area contributed by atoms with Gasteiger partial charge in [-0.2, -0.15) is 0 Å². The number of thiazole rings is 1. The van der Waals surface area contributed by atoms with Crippen molar-refractivity contribution in [2.75, 3.05) is 13.6 Å². The third-order valence-electron chi connectivity index (χ3n) is 2.96. The SMILES string of the molecule is CN=C(NCC(=O)NC(C)(C)C)NCc1nc2cc(Cl)ccc2s1. The van der Waals surface area contributed by atoms with Gasteiger partial charge in [0.15, 0.2) is 5.96 Å². The Morgan fingerprint density at radius 1 is 1.33 bits per heavy atom. The van der Waals surface area contributed by atoms with Crippen molar-refractivity contribution < 1.29 is 4.79 Å². The van der Waals surface area contributed by atoms with E-state index in [0.29, 0.717) is 17.5 Å². The average Bonchev–Trinajstić information content (AvgIpc) is 2.87. The standard InChI is InChI=1S/C16H22ClN5OS/c1-16(2,3)22-13(23)8-19-15(18-4)20-9-14-21-11-7-10(17)5-6-12(11)24-14/h5-7H,8-9H2,1-4H3,(H,22,23)(H2,18,19,20). The summed E-state index contributed by atoms with van der Waals surface area (Å²) in [6, 6.07) is 5.66. The highest BCUT2D eigenvalue weighted by molar-refractivity contribution is 7.18. The number of carbonyl (C=O) groups is 1. The van der Waals surface area contributed by atoms with Crippen LogP contribution in [0.25, 0.3) is 10.2 Å². The predicted molar refractivity (Wildman–Crippen MR) is 101 cm³/mol. The van der Waals surface area contributed by atoms with Crippen molar-refractivity contribution in [2.45, 2.75) is 32.9 Å². The normalized spacial score (nSPS) is 12.3. The van der Waals surface area contributed by atoms with E-state index in [2.05, 4.69) is 25.9 Å². The third kappa shape index (κ3) is 5.65. The van der Waals surface area contributed by atoms with Crippen molar-refractivity contribution in [2.24, 2.45) is 4.99 Å². The molecule has 0 aliphatic carbocycles. The van der Waals surface area contributed by atoms with Crippen LogP contribution in [0.4, 0.5) is 0 Å². The Balaban J connectivity index is 1.87. The van der Waals surface area contributed by atoms with Gasteiger partial charge >= 0.3 is 0 Å². The lowest BCUT2D eigenvalue weighted by molar-refractivity contribution is -0.121. The number of nitrogens with zero attached hydrogens (tertiary/aromatic N) is 2. The predicted octanol–water partition coefficient (Wildman–Crippen LogP) is 2.53. The number of carbonyl (C=O) groups excluding carboxylic acids is 1. The molecule has 0 radical (unpaired) electrons. The lowest BCUT2D eigenvalue weighted by Crippen LogP contribution is -2.48. The fourth-order valence-corrected chi connectivity index (χ4v) is 3.08. The smallest absolute Gasteiger partial charge is 0.239 e. The van der Waals surface area contributed by atoms with E-state index in [1.165, 1.54) is 0 Å². The second-order valence-electron chi connectivity index (χ2n) is 6.30. The summed E-state index contributed by atoms with van der Waals surface area (Å²) in [5, 5.41) is 10.6. The highest BCUT2D eigenvalue weighted by Crippen LogP contribution is 2.24. The summed E-state index contributed by atoms with van der Waals surface area (Å²) in [6.45, 7) is 6.51. The van der Waals surface area contributed by atoms with Crippen LogP contribution in [0.3, 0.4) is 0 Å². The van der Waals surface area contributed by atoms with Gasteiger partial charge in [-0.05, 0) is 39.0 Å². The number of amides is 1. The van der Waals surface area contributed by atoms with Crippen molar-refractivity contribution in [1.29, 1.82) is 0 Å². The molecule has 1 aromatic carbocycles. The quantitative estimate of drug-likeness (QED) is 0.573. The van der Waals surface area contributed by atoms with Gasteiger partial charge in [-0.25, -0.2) is 4.98 Å². The van der Waals surface area contributed by atoms with E-state index in [4.69, 9.17) is 11.6 Å². The molecule has 0 unspecified atom stereocenters. The van der Waals surface area contributed by atoms with Gasteiger partial charge in [0.25, 0.3) is 0 Å². The van der Waals surface area contributed by atoms with Gasteiger partial charge in [0.2, 0.25) is 5.91 Å². The lowest BCUT2D eigenvalue weighted by atomic mass is 10.1. The second-order valence-corrected chi connectivity index (χ2v) is 7.85. The summed E-state index contributed by atoms with van der Waals surface area (Å²) < 4.78 is 1.09. The van der Waals surface area contributed by atoms with Gasteiger partial charge in [0.1, 0.15) is 5.01 Å². The molecule has 2 rings (SSSR count).